The van der Waals surface area contributed by atoms with E-state index in [-0.39, 0.29) is 30.6 Å². The van der Waals surface area contributed by atoms with Gasteiger partial charge in [0.2, 0.25) is 21.8 Å². The van der Waals surface area contributed by atoms with Crippen molar-refractivity contribution in [1.29, 1.82) is 0 Å². The average Bonchev–Trinajstić information content (AvgIpc) is 2.91. The van der Waals surface area contributed by atoms with Crippen LogP contribution in [0.1, 0.15) is 37.0 Å². The number of hydrogen-bond donors (Lipinski definition) is 1. The Bertz CT molecular complexity index is 1420. The molecule has 0 fully saturated rings. The van der Waals surface area contributed by atoms with Gasteiger partial charge in [0.15, 0.2) is 0 Å². The molecule has 214 valence electrons. The predicted molar refractivity (Wildman–Crippen MR) is 162 cm³/mol. The first kappa shape index (κ1) is 31.5. The number of carbonyl (C=O) groups excluding carboxylic acids is 2. The van der Waals surface area contributed by atoms with Crippen molar-refractivity contribution in [2.75, 3.05) is 17.1 Å². The predicted octanol–water partition coefficient (Wildman–Crippen LogP) is 5.62. The third-order valence-electron chi connectivity index (χ3n) is 6.66. The molecule has 0 heterocycles. The van der Waals surface area contributed by atoms with Crippen LogP contribution in [0.4, 0.5) is 5.69 Å². The Morgan fingerprint density at radius 3 is 2.17 bits per heavy atom. The van der Waals surface area contributed by atoms with E-state index in [1.165, 1.54) is 11.0 Å². The molecule has 0 unspecified atom stereocenters. The van der Waals surface area contributed by atoms with Crippen LogP contribution in [0.15, 0.2) is 72.8 Å². The second-order valence-corrected chi connectivity index (χ2v) is 12.6. The van der Waals surface area contributed by atoms with Crippen molar-refractivity contribution < 1.29 is 18.0 Å². The van der Waals surface area contributed by atoms with Crippen molar-refractivity contribution in [2.45, 2.75) is 52.2 Å². The second kappa shape index (κ2) is 14.0. The van der Waals surface area contributed by atoms with Gasteiger partial charge < -0.3 is 10.2 Å². The third-order valence-corrected chi connectivity index (χ3v) is 8.46. The molecule has 3 aromatic carbocycles. The maximum absolute atomic E-state index is 14.1. The lowest BCUT2D eigenvalue weighted by atomic mass is 10.0. The van der Waals surface area contributed by atoms with Crippen LogP contribution in [0, 0.1) is 6.92 Å². The van der Waals surface area contributed by atoms with E-state index in [1.54, 1.807) is 43.3 Å². The van der Waals surface area contributed by atoms with Crippen molar-refractivity contribution in [1.82, 2.24) is 10.2 Å². The van der Waals surface area contributed by atoms with Gasteiger partial charge in [-0.05, 0) is 61.2 Å². The lowest BCUT2D eigenvalue weighted by Gasteiger charge is -2.34. The number of carbonyl (C=O) groups is 2. The quantitative estimate of drug-likeness (QED) is 0.291. The first-order valence-electron chi connectivity index (χ1n) is 13.0. The van der Waals surface area contributed by atoms with Gasteiger partial charge >= 0.3 is 0 Å². The Hall–Kier alpha value is -3.07. The molecule has 0 aliphatic rings. The summed E-state index contributed by atoms with van der Waals surface area (Å²) in [6.45, 7) is 5.24. The molecule has 0 aromatic heterocycles. The van der Waals surface area contributed by atoms with Gasteiger partial charge in [0, 0.05) is 29.1 Å². The summed E-state index contributed by atoms with van der Waals surface area (Å²) in [6.07, 6.45) is 2.00. The highest BCUT2D eigenvalue weighted by molar-refractivity contribution is 7.92. The van der Waals surface area contributed by atoms with Crippen LogP contribution >= 0.6 is 23.2 Å². The number of hydrogen-bond acceptors (Lipinski definition) is 4. The van der Waals surface area contributed by atoms with E-state index in [0.29, 0.717) is 16.5 Å². The molecule has 0 saturated heterocycles. The minimum absolute atomic E-state index is 0.0771. The highest BCUT2D eigenvalue weighted by Gasteiger charge is 2.33. The molecule has 0 aliphatic heterocycles. The average molecular weight is 605 g/mol. The van der Waals surface area contributed by atoms with Crippen LogP contribution in [-0.4, -0.2) is 50.0 Å². The zero-order chi connectivity index (χ0) is 29.4. The first-order chi connectivity index (χ1) is 18.9. The number of nitrogens with one attached hydrogen (secondary N) is 1. The summed E-state index contributed by atoms with van der Waals surface area (Å²) >= 11 is 12.4. The Labute approximate surface area is 247 Å². The van der Waals surface area contributed by atoms with E-state index >= 15 is 0 Å². The molecule has 1 N–H and O–H groups in total. The highest BCUT2D eigenvalue weighted by atomic mass is 35.5. The van der Waals surface area contributed by atoms with Crippen LogP contribution in [0.3, 0.4) is 0 Å². The monoisotopic (exact) mass is 603 g/mol. The maximum atomic E-state index is 14.1. The van der Waals surface area contributed by atoms with Gasteiger partial charge in [-0.15, -0.1) is 0 Å². The number of amides is 2. The topological polar surface area (TPSA) is 86.8 Å². The molecule has 0 spiro atoms. The lowest BCUT2D eigenvalue weighted by molar-refractivity contribution is -0.140. The molecule has 10 heteroatoms. The number of benzene rings is 3. The van der Waals surface area contributed by atoms with Crippen LogP contribution in [-0.2, 0) is 32.6 Å². The fourth-order valence-electron chi connectivity index (χ4n) is 4.13. The summed E-state index contributed by atoms with van der Waals surface area (Å²) in [7, 11) is -3.87. The first-order valence-corrected chi connectivity index (χ1v) is 15.6. The highest BCUT2D eigenvalue weighted by Crippen LogP contribution is 2.26. The van der Waals surface area contributed by atoms with Crippen molar-refractivity contribution >= 4 is 50.7 Å². The van der Waals surface area contributed by atoms with E-state index in [9.17, 15) is 18.0 Å². The van der Waals surface area contributed by atoms with Crippen LogP contribution in [0.25, 0.3) is 0 Å². The van der Waals surface area contributed by atoms with Gasteiger partial charge in [-0.3, -0.25) is 13.9 Å². The van der Waals surface area contributed by atoms with Gasteiger partial charge in [0.25, 0.3) is 0 Å². The van der Waals surface area contributed by atoms with Gasteiger partial charge in [0.05, 0.1) is 11.9 Å². The van der Waals surface area contributed by atoms with E-state index in [2.05, 4.69) is 5.32 Å². The number of anilines is 1. The molecule has 40 heavy (non-hydrogen) atoms. The van der Waals surface area contributed by atoms with Gasteiger partial charge in [-0.25, -0.2) is 8.42 Å². The van der Waals surface area contributed by atoms with Crippen LogP contribution < -0.4 is 9.62 Å². The van der Waals surface area contributed by atoms with E-state index in [0.717, 1.165) is 27.3 Å². The maximum Gasteiger partial charge on any atom is 0.244 e. The summed E-state index contributed by atoms with van der Waals surface area (Å²) in [4.78, 5) is 29.2. The fraction of sp³-hybridized carbons (Fsp3) is 0.333. The summed E-state index contributed by atoms with van der Waals surface area (Å²) < 4.78 is 26.8. The van der Waals surface area contributed by atoms with Crippen molar-refractivity contribution in [3.05, 3.63) is 99.5 Å². The number of sulfonamides is 1. The SMILES string of the molecule is CC[C@@H](C)NC(=O)[C@@H](Cc1ccccc1)N(Cc1ccc(Cl)cc1)C(=O)CN(c1ccc(C)c(Cl)c1)S(C)(=O)=O. The van der Waals surface area contributed by atoms with Crippen LogP contribution in [0.5, 0.6) is 0 Å². The Kier molecular flexibility index (Phi) is 11.0. The summed E-state index contributed by atoms with van der Waals surface area (Å²) in [6, 6.07) is 20.2. The Morgan fingerprint density at radius 1 is 0.950 bits per heavy atom. The lowest BCUT2D eigenvalue weighted by Crippen LogP contribution is -2.54. The second-order valence-electron chi connectivity index (χ2n) is 9.87. The minimum Gasteiger partial charge on any atom is -0.352 e. The molecule has 0 bridgehead atoms. The minimum atomic E-state index is -3.87. The molecule has 0 aliphatic carbocycles. The largest absolute Gasteiger partial charge is 0.352 e. The van der Waals surface area contributed by atoms with E-state index in [1.807, 2.05) is 44.2 Å². The molecular weight excluding hydrogens is 569 g/mol. The standard InChI is InChI=1S/C30H35Cl2N3O4S/c1-5-22(3)33-30(37)28(17-23-9-7-6-8-10-23)34(19-24-12-14-25(31)15-13-24)29(36)20-35(40(4,38)39)26-16-11-21(2)27(32)18-26/h6-16,18,22,28H,5,17,19-20H2,1-4H3,(H,33,37)/t22-,28-/m1/s1. The van der Waals surface area contributed by atoms with Crippen LogP contribution in [0.2, 0.25) is 10.0 Å². The Balaban J connectivity index is 2.06. The van der Waals surface area contributed by atoms with Gasteiger partial charge in [-0.2, -0.15) is 0 Å². The molecular formula is C30H35Cl2N3O4S. The molecule has 2 atom stereocenters. The van der Waals surface area contributed by atoms with Crippen molar-refractivity contribution in [3.63, 3.8) is 0 Å². The molecule has 7 nitrogen and oxygen atoms in total. The van der Waals surface area contributed by atoms with Crippen molar-refractivity contribution in [2.24, 2.45) is 0 Å². The van der Waals surface area contributed by atoms with E-state index in [4.69, 9.17) is 23.2 Å². The number of halogens is 2. The molecule has 0 saturated carbocycles. The fourth-order valence-corrected chi connectivity index (χ4v) is 5.27. The third kappa shape index (κ3) is 8.71. The molecule has 2 amide bonds. The summed E-state index contributed by atoms with van der Waals surface area (Å²) in [5.74, 6) is -0.845. The molecule has 3 rings (SSSR count). The van der Waals surface area contributed by atoms with Gasteiger partial charge in [-0.1, -0.05) is 78.7 Å². The van der Waals surface area contributed by atoms with E-state index < -0.39 is 28.5 Å². The summed E-state index contributed by atoms with van der Waals surface area (Å²) in [5, 5.41) is 3.93. The number of rotatable bonds is 12. The van der Waals surface area contributed by atoms with Crippen molar-refractivity contribution in [3.8, 4) is 0 Å². The smallest absolute Gasteiger partial charge is 0.244 e. The zero-order valence-electron chi connectivity index (χ0n) is 23.1. The Morgan fingerprint density at radius 2 is 1.60 bits per heavy atom. The summed E-state index contributed by atoms with van der Waals surface area (Å²) in [5.41, 5.74) is 2.66. The zero-order valence-corrected chi connectivity index (χ0v) is 25.4. The van der Waals surface area contributed by atoms with Gasteiger partial charge in [0.1, 0.15) is 12.6 Å². The normalized spacial score (nSPS) is 12.8. The molecule has 0 radical (unpaired) electrons. The number of nitrogens with zero attached hydrogens (tertiary/aromatic N) is 2. The molecule has 3 aromatic rings. The number of aryl methyl sites for hydroxylation is 1.